The minimum atomic E-state index is 0.178. The molecular weight excluding hydrogens is 384 g/mol. The van der Waals surface area contributed by atoms with Crippen molar-refractivity contribution in [3.8, 4) is 17.1 Å². The van der Waals surface area contributed by atoms with Crippen LogP contribution in [0.4, 0.5) is 5.82 Å². The van der Waals surface area contributed by atoms with Gasteiger partial charge in [-0.2, -0.15) is 5.10 Å². The number of hydrazone groups is 1. The number of fused-ring (bicyclic) bond motifs is 2. The van der Waals surface area contributed by atoms with E-state index in [1.165, 1.54) is 5.56 Å². The van der Waals surface area contributed by atoms with Crippen LogP contribution in [-0.4, -0.2) is 21.3 Å². The summed E-state index contributed by atoms with van der Waals surface area (Å²) in [6, 6.07) is 27.4. The predicted molar refractivity (Wildman–Crippen MR) is 127 cm³/mol. The van der Waals surface area contributed by atoms with Gasteiger partial charge in [0.05, 0.1) is 11.7 Å². The molecular formula is C26H20N4O. The zero-order chi connectivity index (χ0) is 21.2. The first-order valence-electron chi connectivity index (χ1n) is 10.0. The molecule has 4 aromatic carbocycles. The Bertz CT molecular complexity index is 1430. The number of rotatable bonds is 4. The maximum atomic E-state index is 10.3. The Labute approximate surface area is 179 Å². The van der Waals surface area contributed by atoms with Crippen molar-refractivity contribution in [2.24, 2.45) is 5.10 Å². The van der Waals surface area contributed by atoms with Gasteiger partial charge in [0.2, 0.25) is 0 Å². The smallest absolute Gasteiger partial charge is 0.162 e. The lowest BCUT2D eigenvalue weighted by Crippen LogP contribution is -1.99. The molecule has 0 aliphatic rings. The molecule has 0 amide bonds. The molecule has 31 heavy (non-hydrogen) atoms. The van der Waals surface area contributed by atoms with Crippen LogP contribution >= 0.6 is 0 Å². The standard InChI is InChI=1S/C26H20N4O/c1-17-10-12-19(13-11-17)25-28-23-9-5-4-8-21(23)26(29-25)30-27-16-22-20-7-3-2-6-18(20)14-15-24(22)31/h2-16,31H,1H3,(H,28,29,30)/b27-16-. The molecule has 0 aliphatic carbocycles. The van der Waals surface area contributed by atoms with E-state index in [0.717, 1.165) is 27.2 Å². The van der Waals surface area contributed by atoms with Crippen LogP contribution in [0.3, 0.4) is 0 Å². The van der Waals surface area contributed by atoms with Gasteiger partial charge in [-0.05, 0) is 35.9 Å². The van der Waals surface area contributed by atoms with Crippen molar-refractivity contribution in [2.75, 3.05) is 5.43 Å². The van der Waals surface area contributed by atoms with E-state index < -0.39 is 0 Å². The number of nitrogens with one attached hydrogen (secondary N) is 1. The molecule has 0 unspecified atom stereocenters. The third-order valence-electron chi connectivity index (χ3n) is 5.22. The molecule has 0 spiro atoms. The number of aromatic hydroxyl groups is 1. The minimum Gasteiger partial charge on any atom is -0.507 e. The summed E-state index contributed by atoms with van der Waals surface area (Å²) < 4.78 is 0. The van der Waals surface area contributed by atoms with E-state index in [1.807, 2.05) is 78.9 Å². The second kappa shape index (κ2) is 7.88. The molecule has 150 valence electrons. The molecule has 1 heterocycles. The Morgan fingerprint density at radius 1 is 0.806 bits per heavy atom. The van der Waals surface area contributed by atoms with Crippen molar-refractivity contribution in [3.63, 3.8) is 0 Å². The monoisotopic (exact) mass is 404 g/mol. The van der Waals surface area contributed by atoms with Crippen molar-refractivity contribution in [1.82, 2.24) is 9.97 Å². The second-order valence-corrected chi connectivity index (χ2v) is 7.37. The van der Waals surface area contributed by atoms with Crippen molar-refractivity contribution in [2.45, 2.75) is 6.92 Å². The Morgan fingerprint density at radius 2 is 1.55 bits per heavy atom. The number of hydrogen-bond acceptors (Lipinski definition) is 5. The van der Waals surface area contributed by atoms with E-state index >= 15 is 0 Å². The molecule has 5 aromatic rings. The zero-order valence-corrected chi connectivity index (χ0v) is 16.9. The van der Waals surface area contributed by atoms with Gasteiger partial charge in [-0.15, -0.1) is 0 Å². The van der Waals surface area contributed by atoms with E-state index in [2.05, 4.69) is 17.5 Å². The molecule has 0 radical (unpaired) electrons. The second-order valence-electron chi connectivity index (χ2n) is 7.37. The van der Waals surface area contributed by atoms with Gasteiger partial charge in [0.15, 0.2) is 11.6 Å². The maximum absolute atomic E-state index is 10.3. The predicted octanol–water partition coefficient (Wildman–Crippen LogP) is 5.91. The SMILES string of the molecule is Cc1ccc(-c2nc(N/N=C\c3c(O)ccc4ccccc34)c3ccccc3n2)cc1. The minimum absolute atomic E-state index is 0.178. The number of phenols is 1. The Hall–Kier alpha value is -4.25. The Kier molecular flexibility index (Phi) is 4.77. The topological polar surface area (TPSA) is 70.4 Å². The number of nitrogens with zero attached hydrogens (tertiary/aromatic N) is 3. The lowest BCUT2D eigenvalue weighted by Gasteiger charge is -2.09. The van der Waals surface area contributed by atoms with E-state index in [-0.39, 0.29) is 5.75 Å². The Balaban J connectivity index is 1.55. The summed E-state index contributed by atoms with van der Waals surface area (Å²) in [5.74, 6) is 1.42. The number of benzene rings is 4. The fourth-order valence-electron chi connectivity index (χ4n) is 3.57. The summed E-state index contributed by atoms with van der Waals surface area (Å²) in [6.07, 6.45) is 1.63. The summed E-state index contributed by atoms with van der Waals surface area (Å²) in [6.45, 7) is 2.05. The number of phenolic OH excluding ortho intramolecular Hbond substituents is 1. The number of aryl methyl sites for hydroxylation is 1. The third kappa shape index (κ3) is 3.69. The van der Waals surface area contributed by atoms with Gasteiger partial charge in [0.1, 0.15) is 5.75 Å². The first kappa shape index (κ1) is 18.8. The molecule has 0 saturated carbocycles. The highest BCUT2D eigenvalue weighted by molar-refractivity contribution is 6.02. The maximum Gasteiger partial charge on any atom is 0.162 e. The lowest BCUT2D eigenvalue weighted by molar-refractivity contribution is 0.475. The molecule has 1 aromatic heterocycles. The number of hydrogen-bond donors (Lipinski definition) is 2. The first-order chi connectivity index (χ1) is 15.2. The van der Waals surface area contributed by atoms with Crippen LogP contribution in [0.2, 0.25) is 0 Å². The van der Waals surface area contributed by atoms with Crippen molar-refractivity contribution in [1.29, 1.82) is 0 Å². The van der Waals surface area contributed by atoms with Crippen LogP contribution in [0.5, 0.6) is 5.75 Å². The van der Waals surface area contributed by atoms with Gasteiger partial charge in [-0.3, -0.25) is 5.43 Å². The molecule has 0 fully saturated rings. The summed E-state index contributed by atoms with van der Waals surface area (Å²) in [5.41, 5.74) is 6.67. The largest absolute Gasteiger partial charge is 0.507 e. The van der Waals surface area contributed by atoms with Crippen LogP contribution in [-0.2, 0) is 0 Å². The van der Waals surface area contributed by atoms with Crippen molar-refractivity contribution in [3.05, 3.63) is 96.1 Å². The van der Waals surface area contributed by atoms with E-state index in [9.17, 15) is 5.11 Å². The summed E-state index contributed by atoms with van der Waals surface area (Å²) in [4.78, 5) is 9.43. The molecule has 5 nitrogen and oxygen atoms in total. The summed E-state index contributed by atoms with van der Waals surface area (Å²) in [5, 5.41) is 17.6. The average Bonchev–Trinajstić information content (AvgIpc) is 2.81. The average molecular weight is 404 g/mol. The molecule has 0 saturated heterocycles. The number of para-hydroxylation sites is 1. The zero-order valence-electron chi connectivity index (χ0n) is 16.9. The molecule has 2 N–H and O–H groups in total. The van der Waals surface area contributed by atoms with Crippen molar-refractivity contribution >= 4 is 33.7 Å². The van der Waals surface area contributed by atoms with Crippen LogP contribution in [0.25, 0.3) is 33.1 Å². The fourth-order valence-corrected chi connectivity index (χ4v) is 3.57. The molecule has 5 heteroatoms. The highest BCUT2D eigenvalue weighted by Crippen LogP contribution is 2.27. The van der Waals surface area contributed by atoms with E-state index in [4.69, 9.17) is 9.97 Å². The molecule has 0 bridgehead atoms. The fraction of sp³-hybridized carbons (Fsp3) is 0.0385. The molecule has 0 aliphatic heterocycles. The van der Waals surface area contributed by atoms with Crippen LogP contribution < -0.4 is 5.43 Å². The van der Waals surface area contributed by atoms with Gasteiger partial charge in [-0.1, -0.05) is 72.3 Å². The highest BCUT2D eigenvalue weighted by Gasteiger charge is 2.09. The highest BCUT2D eigenvalue weighted by atomic mass is 16.3. The van der Waals surface area contributed by atoms with Gasteiger partial charge in [0, 0.05) is 16.5 Å². The molecule has 5 rings (SSSR count). The number of anilines is 1. The van der Waals surface area contributed by atoms with Crippen LogP contribution in [0.1, 0.15) is 11.1 Å². The van der Waals surface area contributed by atoms with Gasteiger partial charge >= 0.3 is 0 Å². The normalized spacial score (nSPS) is 11.4. The quantitative estimate of drug-likeness (QED) is 0.289. The Morgan fingerprint density at radius 3 is 2.39 bits per heavy atom. The summed E-state index contributed by atoms with van der Waals surface area (Å²) in [7, 11) is 0. The van der Waals surface area contributed by atoms with Gasteiger partial charge in [0.25, 0.3) is 0 Å². The van der Waals surface area contributed by atoms with Crippen LogP contribution in [0.15, 0.2) is 90.0 Å². The number of aromatic nitrogens is 2. The molecule has 0 atom stereocenters. The van der Waals surface area contributed by atoms with Gasteiger partial charge < -0.3 is 5.11 Å². The first-order valence-corrected chi connectivity index (χ1v) is 10.0. The summed E-state index contributed by atoms with van der Waals surface area (Å²) >= 11 is 0. The van der Waals surface area contributed by atoms with E-state index in [0.29, 0.717) is 17.2 Å². The van der Waals surface area contributed by atoms with Crippen LogP contribution in [0, 0.1) is 6.92 Å². The lowest BCUT2D eigenvalue weighted by atomic mass is 10.0. The van der Waals surface area contributed by atoms with E-state index in [1.54, 1.807) is 12.3 Å². The van der Waals surface area contributed by atoms with Gasteiger partial charge in [-0.25, -0.2) is 9.97 Å². The van der Waals surface area contributed by atoms with Crippen molar-refractivity contribution < 1.29 is 5.11 Å². The third-order valence-corrected chi connectivity index (χ3v) is 5.22.